The Balaban J connectivity index is 2.25. The fraction of sp³-hybridized carbons (Fsp3) is 0.154. The summed E-state index contributed by atoms with van der Waals surface area (Å²) >= 11 is 0. The predicted octanol–water partition coefficient (Wildman–Crippen LogP) is 1.23. The second-order valence-electron chi connectivity index (χ2n) is 4.42. The molecule has 1 aromatic heterocycles. The summed E-state index contributed by atoms with van der Waals surface area (Å²) in [6, 6.07) is 6.58. The van der Waals surface area contributed by atoms with Gasteiger partial charge in [-0.3, -0.25) is 4.98 Å². The lowest BCUT2D eigenvalue weighted by atomic mass is 10.1. The van der Waals surface area contributed by atoms with Gasteiger partial charge in [-0.25, -0.2) is 13.6 Å². The third-order valence-corrected chi connectivity index (χ3v) is 3.96. The van der Waals surface area contributed by atoms with E-state index in [2.05, 4.69) is 10.3 Å². The first-order valence-corrected chi connectivity index (χ1v) is 7.49. The molecule has 5 N–H and O–H groups in total. The highest BCUT2D eigenvalue weighted by molar-refractivity contribution is 7.89. The summed E-state index contributed by atoms with van der Waals surface area (Å²) in [5.41, 5.74) is 8.58. The van der Waals surface area contributed by atoms with Gasteiger partial charge in [0.1, 0.15) is 4.90 Å². The minimum Gasteiger partial charge on any atom is -0.396 e. The molecule has 2 rings (SSSR count). The molecule has 0 amide bonds. The van der Waals surface area contributed by atoms with E-state index in [0.717, 1.165) is 11.1 Å². The van der Waals surface area contributed by atoms with Crippen molar-refractivity contribution >= 4 is 21.4 Å². The number of para-hydroxylation sites is 1. The molecule has 0 aliphatic rings. The summed E-state index contributed by atoms with van der Waals surface area (Å²) < 4.78 is 22.8. The molecule has 1 aromatic carbocycles. The summed E-state index contributed by atoms with van der Waals surface area (Å²) in [6.07, 6.45) is 3.47. The standard InChI is InChI=1S/C13H16N4O2S/c1-9-5-6-16-7-10(9)8-17-11-3-2-4-12(13(11)14)20(15,18)19/h2-7,17H,8,14H2,1H3,(H2,15,18,19). The molecule has 0 atom stereocenters. The van der Waals surface area contributed by atoms with Crippen LogP contribution in [0.1, 0.15) is 11.1 Å². The number of aryl methyl sites for hydroxylation is 1. The van der Waals surface area contributed by atoms with Crippen molar-refractivity contribution in [3.05, 3.63) is 47.8 Å². The second-order valence-corrected chi connectivity index (χ2v) is 5.95. The molecule has 0 saturated carbocycles. The van der Waals surface area contributed by atoms with Crippen LogP contribution in [0.15, 0.2) is 41.6 Å². The average molecular weight is 292 g/mol. The highest BCUT2D eigenvalue weighted by atomic mass is 32.2. The Bertz CT molecular complexity index is 729. The van der Waals surface area contributed by atoms with E-state index >= 15 is 0 Å². The lowest BCUT2D eigenvalue weighted by molar-refractivity contribution is 0.598. The van der Waals surface area contributed by atoms with Crippen molar-refractivity contribution < 1.29 is 8.42 Å². The molecular formula is C13H16N4O2S. The van der Waals surface area contributed by atoms with Crippen LogP contribution in [-0.2, 0) is 16.6 Å². The van der Waals surface area contributed by atoms with Crippen LogP contribution in [0.2, 0.25) is 0 Å². The molecule has 0 saturated heterocycles. The fourth-order valence-electron chi connectivity index (χ4n) is 1.82. The number of anilines is 2. The summed E-state index contributed by atoms with van der Waals surface area (Å²) in [5.74, 6) is 0. The quantitative estimate of drug-likeness (QED) is 0.734. The normalized spacial score (nSPS) is 11.3. The molecule has 7 heteroatoms. The number of primary sulfonamides is 1. The topological polar surface area (TPSA) is 111 Å². The first-order chi connectivity index (χ1) is 9.39. The Kier molecular flexibility index (Phi) is 3.91. The van der Waals surface area contributed by atoms with Gasteiger partial charge in [0.2, 0.25) is 10.0 Å². The molecule has 0 spiro atoms. The largest absolute Gasteiger partial charge is 0.396 e. The van der Waals surface area contributed by atoms with Crippen molar-refractivity contribution in [2.75, 3.05) is 11.1 Å². The van der Waals surface area contributed by atoms with Crippen LogP contribution in [0, 0.1) is 6.92 Å². The Hall–Kier alpha value is -2.12. The number of nitrogens with one attached hydrogen (secondary N) is 1. The van der Waals surface area contributed by atoms with E-state index in [1.165, 1.54) is 6.07 Å². The SMILES string of the molecule is Cc1ccncc1CNc1cccc(S(N)(=O)=O)c1N. The highest BCUT2D eigenvalue weighted by Crippen LogP contribution is 2.26. The molecule has 20 heavy (non-hydrogen) atoms. The van der Waals surface area contributed by atoms with Crippen LogP contribution in [0.5, 0.6) is 0 Å². The number of nitrogens with two attached hydrogens (primary N) is 2. The van der Waals surface area contributed by atoms with Gasteiger partial charge >= 0.3 is 0 Å². The maximum Gasteiger partial charge on any atom is 0.240 e. The summed E-state index contributed by atoms with van der Waals surface area (Å²) in [4.78, 5) is 3.97. The highest BCUT2D eigenvalue weighted by Gasteiger charge is 2.14. The molecule has 0 fully saturated rings. The number of hydrogen-bond acceptors (Lipinski definition) is 5. The van der Waals surface area contributed by atoms with Crippen LogP contribution in [0.4, 0.5) is 11.4 Å². The Morgan fingerprint density at radius 3 is 2.70 bits per heavy atom. The number of nitrogen functional groups attached to an aromatic ring is 1. The zero-order valence-electron chi connectivity index (χ0n) is 11.0. The van der Waals surface area contributed by atoms with E-state index in [0.29, 0.717) is 12.2 Å². The molecule has 1 heterocycles. The third kappa shape index (κ3) is 3.06. The van der Waals surface area contributed by atoms with Gasteiger partial charge in [-0.05, 0) is 36.2 Å². The van der Waals surface area contributed by atoms with E-state index in [-0.39, 0.29) is 10.6 Å². The number of nitrogens with zero attached hydrogens (tertiary/aromatic N) is 1. The monoisotopic (exact) mass is 292 g/mol. The van der Waals surface area contributed by atoms with E-state index in [1.807, 2.05) is 13.0 Å². The second kappa shape index (κ2) is 5.48. The minimum atomic E-state index is -3.82. The predicted molar refractivity (Wildman–Crippen MR) is 78.5 cm³/mol. The maximum atomic E-state index is 11.4. The molecule has 6 nitrogen and oxygen atoms in total. The van der Waals surface area contributed by atoms with Crippen molar-refractivity contribution in [2.45, 2.75) is 18.4 Å². The summed E-state index contributed by atoms with van der Waals surface area (Å²) in [7, 11) is -3.82. The average Bonchev–Trinajstić information content (AvgIpc) is 2.38. The fourth-order valence-corrected chi connectivity index (χ4v) is 2.50. The number of rotatable bonds is 4. The minimum absolute atomic E-state index is 0.0783. The van der Waals surface area contributed by atoms with Gasteiger partial charge in [-0.2, -0.15) is 0 Å². The van der Waals surface area contributed by atoms with Gasteiger partial charge < -0.3 is 11.1 Å². The number of aromatic nitrogens is 1. The van der Waals surface area contributed by atoms with Crippen LogP contribution >= 0.6 is 0 Å². The van der Waals surface area contributed by atoms with Crippen molar-refractivity contribution in [1.29, 1.82) is 0 Å². The number of sulfonamides is 1. The molecule has 106 valence electrons. The van der Waals surface area contributed by atoms with Gasteiger partial charge in [-0.15, -0.1) is 0 Å². The molecule has 0 unspecified atom stereocenters. The molecule has 0 aliphatic carbocycles. The number of hydrogen-bond donors (Lipinski definition) is 3. The summed E-state index contributed by atoms with van der Waals surface area (Å²) in [5, 5.41) is 8.21. The molecule has 0 aliphatic heterocycles. The Labute approximate surface area is 117 Å². The Morgan fingerprint density at radius 1 is 1.30 bits per heavy atom. The third-order valence-electron chi connectivity index (χ3n) is 2.99. The smallest absolute Gasteiger partial charge is 0.240 e. The van der Waals surface area contributed by atoms with E-state index < -0.39 is 10.0 Å². The molecular weight excluding hydrogens is 276 g/mol. The zero-order chi connectivity index (χ0) is 14.8. The van der Waals surface area contributed by atoms with Gasteiger partial charge in [0.25, 0.3) is 0 Å². The lowest BCUT2D eigenvalue weighted by Crippen LogP contribution is -2.15. The molecule has 0 radical (unpaired) electrons. The van der Waals surface area contributed by atoms with Crippen molar-refractivity contribution in [3.8, 4) is 0 Å². The number of benzene rings is 1. The van der Waals surface area contributed by atoms with Gasteiger partial charge in [0, 0.05) is 18.9 Å². The van der Waals surface area contributed by atoms with Gasteiger partial charge in [-0.1, -0.05) is 6.07 Å². The van der Waals surface area contributed by atoms with E-state index in [1.54, 1.807) is 24.5 Å². The van der Waals surface area contributed by atoms with Crippen LogP contribution < -0.4 is 16.2 Å². The first kappa shape index (κ1) is 14.3. The Morgan fingerprint density at radius 2 is 2.05 bits per heavy atom. The zero-order valence-corrected chi connectivity index (χ0v) is 11.8. The van der Waals surface area contributed by atoms with Gasteiger partial charge in [0.15, 0.2) is 0 Å². The molecule has 2 aromatic rings. The number of pyridine rings is 1. The first-order valence-electron chi connectivity index (χ1n) is 5.94. The van der Waals surface area contributed by atoms with Crippen LogP contribution in [-0.4, -0.2) is 13.4 Å². The van der Waals surface area contributed by atoms with Crippen molar-refractivity contribution in [3.63, 3.8) is 0 Å². The van der Waals surface area contributed by atoms with E-state index in [4.69, 9.17) is 10.9 Å². The van der Waals surface area contributed by atoms with Crippen LogP contribution in [0.3, 0.4) is 0 Å². The van der Waals surface area contributed by atoms with Crippen molar-refractivity contribution in [2.24, 2.45) is 5.14 Å². The van der Waals surface area contributed by atoms with E-state index in [9.17, 15) is 8.42 Å². The van der Waals surface area contributed by atoms with Gasteiger partial charge in [0.05, 0.1) is 11.4 Å². The lowest BCUT2D eigenvalue weighted by Gasteiger charge is -2.12. The van der Waals surface area contributed by atoms with Crippen molar-refractivity contribution in [1.82, 2.24) is 4.98 Å². The summed E-state index contributed by atoms with van der Waals surface area (Å²) in [6.45, 7) is 2.47. The van der Waals surface area contributed by atoms with Crippen LogP contribution in [0.25, 0.3) is 0 Å². The maximum absolute atomic E-state index is 11.4. The molecule has 0 bridgehead atoms.